The van der Waals surface area contributed by atoms with Gasteiger partial charge >= 0.3 is 6.09 Å². The van der Waals surface area contributed by atoms with E-state index in [1.54, 1.807) is 0 Å². The van der Waals surface area contributed by atoms with E-state index in [1.807, 2.05) is 37.3 Å². The lowest BCUT2D eigenvalue weighted by Gasteiger charge is -2.43. The van der Waals surface area contributed by atoms with Crippen LogP contribution in [0.5, 0.6) is 0 Å². The summed E-state index contributed by atoms with van der Waals surface area (Å²) < 4.78 is 7.56. The van der Waals surface area contributed by atoms with Crippen molar-refractivity contribution < 1.29 is 9.53 Å². The average molecular weight is 407 g/mol. The number of allylic oxidation sites excluding steroid dienone is 2. The number of hydrogen-bond acceptors (Lipinski definition) is 5. The number of anilines is 1. The van der Waals surface area contributed by atoms with Gasteiger partial charge in [0.05, 0.1) is 5.39 Å². The second kappa shape index (κ2) is 7.32. The molecule has 4 rings (SSSR count). The van der Waals surface area contributed by atoms with Crippen LogP contribution in [0.1, 0.15) is 58.6 Å². The van der Waals surface area contributed by atoms with Crippen LogP contribution in [0.15, 0.2) is 12.4 Å². The zero-order valence-corrected chi connectivity index (χ0v) is 18.4. The van der Waals surface area contributed by atoms with Gasteiger partial charge in [-0.05, 0) is 63.9 Å². The summed E-state index contributed by atoms with van der Waals surface area (Å²) in [5, 5.41) is 0.738. The molecule has 2 radical (unpaired) electrons. The van der Waals surface area contributed by atoms with E-state index >= 15 is 0 Å². The van der Waals surface area contributed by atoms with Crippen LogP contribution in [0.25, 0.3) is 16.6 Å². The average Bonchev–Trinajstić information content (AvgIpc) is 2.93. The SMILES string of the molecule is [B]c1c(C2=CCC3(CC2)CCN(C(=O)OC(C)(C)C)CC3)n(C)c2ncnc(N)c12. The van der Waals surface area contributed by atoms with Gasteiger partial charge in [0.15, 0.2) is 0 Å². The fourth-order valence-electron chi connectivity index (χ4n) is 4.80. The zero-order valence-electron chi connectivity index (χ0n) is 18.4. The van der Waals surface area contributed by atoms with Crippen LogP contribution in [-0.2, 0) is 11.8 Å². The molecule has 2 N–H and O–H groups in total. The first-order valence-corrected chi connectivity index (χ1v) is 10.6. The summed E-state index contributed by atoms with van der Waals surface area (Å²) in [5.74, 6) is 0.418. The maximum Gasteiger partial charge on any atom is 0.410 e. The molecule has 2 aliphatic rings. The molecular weight excluding hydrogens is 377 g/mol. The lowest BCUT2D eigenvalue weighted by molar-refractivity contribution is 0.00896. The number of rotatable bonds is 1. The van der Waals surface area contributed by atoms with E-state index in [0.717, 1.165) is 61.9 Å². The van der Waals surface area contributed by atoms with Crippen LogP contribution in [0.3, 0.4) is 0 Å². The maximum absolute atomic E-state index is 12.4. The van der Waals surface area contributed by atoms with Crippen LogP contribution in [-0.4, -0.2) is 52.1 Å². The largest absolute Gasteiger partial charge is 0.444 e. The van der Waals surface area contributed by atoms with E-state index in [2.05, 4.69) is 16.0 Å². The van der Waals surface area contributed by atoms with Crippen LogP contribution in [0, 0.1) is 5.41 Å². The highest BCUT2D eigenvalue weighted by molar-refractivity contribution is 6.42. The minimum Gasteiger partial charge on any atom is -0.444 e. The molecule has 1 aliphatic heterocycles. The van der Waals surface area contributed by atoms with E-state index in [0.29, 0.717) is 11.3 Å². The second-order valence-electron chi connectivity index (χ2n) is 9.68. The Morgan fingerprint density at radius 2 is 1.93 bits per heavy atom. The van der Waals surface area contributed by atoms with Crippen molar-refractivity contribution in [2.45, 2.75) is 58.5 Å². The number of ether oxygens (including phenoxy) is 1. The Labute approximate surface area is 179 Å². The van der Waals surface area contributed by atoms with Crippen molar-refractivity contribution in [3.05, 3.63) is 18.1 Å². The van der Waals surface area contributed by atoms with Gasteiger partial charge in [0.2, 0.25) is 0 Å². The van der Waals surface area contributed by atoms with Crippen molar-refractivity contribution in [2.24, 2.45) is 12.5 Å². The third-order valence-electron chi connectivity index (χ3n) is 6.52. The Balaban J connectivity index is 1.49. The van der Waals surface area contributed by atoms with Gasteiger partial charge in [0.1, 0.15) is 31.2 Å². The van der Waals surface area contributed by atoms with Crippen LogP contribution in [0.2, 0.25) is 0 Å². The van der Waals surface area contributed by atoms with Gasteiger partial charge in [-0.25, -0.2) is 14.8 Å². The Kier molecular flexibility index (Phi) is 5.07. The van der Waals surface area contributed by atoms with Gasteiger partial charge in [0.25, 0.3) is 0 Å². The smallest absolute Gasteiger partial charge is 0.410 e. The molecule has 1 aliphatic carbocycles. The van der Waals surface area contributed by atoms with Gasteiger partial charge in [0, 0.05) is 25.8 Å². The first-order chi connectivity index (χ1) is 14.1. The van der Waals surface area contributed by atoms with Gasteiger partial charge in [-0.15, -0.1) is 0 Å². The summed E-state index contributed by atoms with van der Waals surface area (Å²) in [6, 6.07) is 0. The zero-order chi connectivity index (χ0) is 21.7. The Hall–Kier alpha value is -2.51. The number of carbonyl (C=O) groups is 1. The van der Waals surface area contributed by atoms with E-state index in [9.17, 15) is 4.79 Å². The predicted octanol–water partition coefficient (Wildman–Crippen LogP) is 2.93. The molecule has 1 saturated heterocycles. The standard InChI is InChI=1S/C22H30BN5O2/c1-21(2,3)30-20(29)28-11-9-22(10-12-28)7-5-14(6-8-22)17-16(23)15-18(24)25-13-26-19(15)27(17)4/h5,13H,6-12H2,1-4H3,(H2,24,25,26). The maximum atomic E-state index is 12.4. The first kappa shape index (κ1) is 20.8. The second-order valence-corrected chi connectivity index (χ2v) is 9.68. The number of likely N-dealkylation sites (tertiary alicyclic amines) is 1. The molecule has 0 saturated carbocycles. The first-order valence-electron chi connectivity index (χ1n) is 10.6. The molecule has 0 aromatic carbocycles. The third-order valence-corrected chi connectivity index (χ3v) is 6.52. The van der Waals surface area contributed by atoms with Crippen molar-refractivity contribution in [3.8, 4) is 0 Å². The number of aromatic nitrogens is 3. The van der Waals surface area contributed by atoms with E-state index in [4.69, 9.17) is 18.3 Å². The summed E-state index contributed by atoms with van der Waals surface area (Å²) in [5.41, 5.74) is 9.51. The fraction of sp³-hybridized carbons (Fsp3) is 0.591. The Morgan fingerprint density at radius 3 is 2.50 bits per heavy atom. The molecule has 1 fully saturated rings. The van der Waals surface area contributed by atoms with Crippen molar-refractivity contribution in [1.82, 2.24) is 19.4 Å². The van der Waals surface area contributed by atoms with E-state index in [-0.39, 0.29) is 11.5 Å². The quantitative estimate of drug-likeness (QED) is 0.735. The number of fused-ring (bicyclic) bond motifs is 1. The monoisotopic (exact) mass is 407 g/mol. The fourth-order valence-corrected chi connectivity index (χ4v) is 4.80. The molecule has 0 atom stereocenters. The van der Waals surface area contributed by atoms with Crippen LogP contribution < -0.4 is 11.2 Å². The molecule has 2 aromatic rings. The number of nitrogen functional groups attached to an aromatic ring is 1. The molecule has 1 amide bonds. The van der Waals surface area contributed by atoms with Crippen molar-refractivity contribution in [1.29, 1.82) is 0 Å². The molecule has 3 heterocycles. The molecule has 158 valence electrons. The lowest BCUT2D eigenvalue weighted by atomic mass is 9.68. The molecule has 8 heteroatoms. The summed E-state index contributed by atoms with van der Waals surface area (Å²) >= 11 is 0. The number of amides is 1. The number of piperidine rings is 1. The summed E-state index contributed by atoms with van der Waals surface area (Å²) in [6.07, 6.45) is 8.62. The minimum atomic E-state index is -0.457. The van der Waals surface area contributed by atoms with Gasteiger partial charge in [-0.2, -0.15) is 0 Å². The van der Waals surface area contributed by atoms with Gasteiger partial charge in [-0.3, -0.25) is 0 Å². The van der Waals surface area contributed by atoms with E-state index in [1.165, 1.54) is 11.9 Å². The molecule has 1 spiro atoms. The van der Waals surface area contributed by atoms with Crippen molar-refractivity contribution in [3.63, 3.8) is 0 Å². The molecule has 7 nitrogen and oxygen atoms in total. The highest BCUT2D eigenvalue weighted by atomic mass is 16.6. The van der Waals surface area contributed by atoms with Crippen molar-refractivity contribution >= 4 is 41.8 Å². The number of nitrogens with zero attached hydrogens (tertiary/aromatic N) is 4. The van der Waals surface area contributed by atoms with Crippen LogP contribution >= 0.6 is 0 Å². The molecule has 0 bridgehead atoms. The van der Waals surface area contributed by atoms with Crippen LogP contribution in [0.4, 0.5) is 10.6 Å². The third kappa shape index (κ3) is 3.68. The predicted molar refractivity (Wildman–Crippen MR) is 120 cm³/mol. The minimum absolute atomic E-state index is 0.202. The summed E-state index contributed by atoms with van der Waals surface area (Å²) in [7, 11) is 8.44. The Bertz CT molecular complexity index is 1010. The number of carbonyl (C=O) groups excluding carboxylic acids is 1. The highest BCUT2D eigenvalue weighted by Gasteiger charge is 2.38. The normalized spacial score (nSPS) is 19.2. The van der Waals surface area contributed by atoms with Crippen molar-refractivity contribution in [2.75, 3.05) is 18.8 Å². The number of hydrogen-bond donors (Lipinski definition) is 1. The topological polar surface area (TPSA) is 86.3 Å². The molecule has 30 heavy (non-hydrogen) atoms. The van der Waals surface area contributed by atoms with E-state index < -0.39 is 5.60 Å². The molecule has 0 unspecified atom stereocenters. The molecular formula is C22H30BN5O2. The number of aryl methyl sites for hydroxylation is 1. The lowest BCUT2D eigenvalue weighted by Crippen LogP contribution is -2.45. The van der Waals surface area contributed by atoms with Gasteiger partial charge in [-0.1, -0.05) is 11.5 Å². The summed E-state index contributed by atoms with van der Waals surface area (Å²) in [4.78, 5) is 22.7. The summed E-state index contributed by atoms with van der Waals surface area (Å²) in [6.45, 7) is 7.21. The highest BCUT2D eigenvalue weighted by Crippen LogP contribution is 2.46. The Morgan fingerprint density at radius 1 is 1.23 bits per heavy atom. The van der Waals surface area contributed by atoms with Gasteiger partial charge < -0.3 is 19.9 Å². The number of nitrogens with two attached hydrogens (primary N) is 1. The molecule has 2 aromatic heterocycles.